The second-order valence-electron chi connectivity index (χ2n) is 7.16. The lowest BCUT2D eigenvalue weighted by atomic mass is 10.0. The monoisotopic (exact) mass is 355 g/mol. The van der Waals surface area contributed by atoms with Crippen LogP contribution in [0.4, 0.5) is 0 Å². The molecule has 0 aromatic heterocycles. The summed E-state index contributed by atoms with van der Waals surface area (Å²) in [5.74, 6) is 0. The summed E-state index contributed by atoms with van der Waals surface area (Å²) >= 11 is 0. The first-order valence-corrected chi connectivity index (χ1v) is 11.1. The predicted molar refractivity (Wildman–Crippen MR) is 120 cm³/mol. The van der Waals surface area contributed by atoms with Crippen LogP contribution in [-0.2, 0) is 0 Å². The summed E-state index contributed by atoms with van der Waals surface area (Å²) in [5.41, 5.74) is 0. The van der Waals surface area contributed by atoms with Crippen molar-refractivity contribution in [1.29, 1.82) is 0 Å². The average Bonchev–Trinajstić information content (AvgIpc) is 2.66. The topological polar surface area (TPSA) is 0 Å². The SMILES string of the molecule is [CH]=C/C=C/C=C/C=C/C=C/CCCCCCCCCCCCCCCC. The highest BCUT2D eigenvalue weighted by Gasteiger charge is 1.93. The van der Waals surface area contributed by atoms with Crippen LogP contribution in [0.5, 0.6) is 0 Å². The molecule has 0 aliphatic carbocycles. The van der Waals surface area contributed by atoms with Crippen LogP contribution in [0.2, 0.25) is 0 Å². The van der Waals surface area contributed by atoms with Crippen LogP contribution in [0.1, 0.15) is 103 Å². The Labute approximate surface area is 164 Å². The second kappa shape index (κ2) is 23.7. The van der Waals surface area contributed by atoms with Gasteiger partial charge in [0.15, 0.2) is 0 Å². The van der Waals surface area contributed by atoms with Crippen LogP contribution in [0.3, 0.4) is 0 Å². The molecule has 0 aromatic rings. The van der Waals surface area contributed by atoms with Crippen LogP contribution < -0.4 is 0 Å². The zero-order chi connectivity index (χ0) is 19.0. The normalized spacial score (nSPS) is 12.3. The van der Waals surface area contributed by atoms with E-state index in [0.717, 1.165) is 0 Å². The van der Waals surface area contributed by atoms with Gasteiger partial charge in [-0.3, -0.25) is 0 Å². The third-order valence-corrected chi connectivity index (χ3v) is 4.64. The molecule has 0 heteroatoms. The Bertz CT molecular complexity index is 381. The van der Waals surface area contributed by atoms with Gasteiger partial charge in [-0.25, -0.2) is 0 Å². The van der Waals surface area contributed by atoms with Gasteiger partial charge < -0.3 is 0 Å². The van der Waals surface area contributed by atoms with Crippen molar-refractivity contribution in [3.8, 4) is 0 Å². The van der Waals surface area contributed by atoms with Crippen molar-refractivity contribution in [2.24, 2.45) is 0 Å². The fourth-order valence-corrected chi connectivity index (χ4v) is 3.02. The van der Waals surface area contributed by atoms with Crippen molar-refractivity contribution in [1.82, 2.24) is 0 Å². The quantitative estimate of drug-likeness (QED) is 0.160. The van der Waals surface area contributed by atoms with E-state index in [1.807, 2.05) is 30.4 Å². The fourth-order valence-electron chi connectivity index (χ4n) is 3.02. The van der Waals surface area contributed by atoms with E-state index in [4.69, 9.17) is 6.58 Å². The van der Waals surface area contributed by atoms with Crippen LogP contribution >= 0.6 is 0 Å². The van der Waals surface area contributed by atoms with Crippen molar-refractivity contribution in [2.45, 2.75) is 103 Å². The Morgan fingerprint density at radius 2 is 0.846 bits per heavy atom. The van der Waals surface area contributed by atoms with E-state index in [-0.39, 0.29) is 0 Å². The third-order valence-electron chi connectivity index (χ3n) is 4.64. The van der Waals surface area contributed by atoms with E-state index in [1.165, 1.54) is 102 Å². The van der Waals surface area contributed by atoms with Crippen molar-refractivity contribution < 1.29 is 0 Å². The van der Waals surface area contributed by atoms with Crippen molar-refractivity contribution in [2.75, 3.05) is 0 Å². The lowest BCUT2D eigenvalue weighted by Gasteiger charge is -2.02. The molecule has 26 heavy (non-hydrogen) atoms. The highest BCUT2D eigenvalue weighted by atomic mass is 14.0. The van der Waals surface area contributed by atoms with Gasteiger partial charge in [0.05, 0.1) is 0 Å². The molecule has 0 fully saturated rings. The molecule has 0 atom stereocenters. The molecule has 0 heterocycles. The molecule has 0 aromatic carbocycles. The summed E-state index contributed by atoms with van der Waals surface area (Å²) in [6.07, 6.45) is 39.0. The van der Waals surface area contributed by atoms with E-state index in [1.54, 1.807) is 0 Å². The first-order valence-electron chi connectivity index (χ1n) is 11.1. The number of rotatable bonds is 19. The average molecular weight is 356 g/mol. The van der Waals surface area contributed by atoms with Gasteiger partial charge in [-0.2, -0.15) is 0 Å². The van der Waals surface area contributed by atoms with E-state index >= 15 is 0 Å². The summed E-state index contributed by atoms with van der Waals surface area (Å²) in [4.78, 5) is 0. The zero-order valence-electron chi connectivity index (χ0n) is 17.4. The van der Waals surface area contributed by atoms with Crippen LogP contribution in [-0.4, -0.2) is 0 Å². The smallest absolute Gasteiger partial charge is 0.0348 e. The minimum atomic E-state index is 1.20. The van der Waals surface area contributed by atoms with Gasteiger partial charge in [0.25, 0.3) is 0 Å². The molecule has 0 amide bonds. The van der Waals surface area contributed by atoms with Crippen LogP contribution in [0.25, 0.3) is 0 Å². The molecule has 0 N–H and O–H groups in total. The molecule has 0 nitrogen and oxygen atoms in total. The van der Waals surface area contributed by atoms with Crippen LogP contribution in [0, 0.1) is 6.58 Å². The second-order valence-corrected chi connectivity index (χ2v) is 7.16. The van der Waals surface area contributed by atoms with Gasteiger partial charge in [-0.1, -0.05) is 152 Å². The Morgan fingerprint density at radius 3 is 1.31 bits per heavy atom. The molecule has 0 saturated heterocycles. The van der Waals surface area contributed by atoms with Gasteiger partial charge in [0, 0.05) is 0 Å². The number of hydrogen-bond acceptors (Lipinski definition) is 0. The summed E-state index contributed by atoms with van der Waals surface area (Å²) in [7, 11) is 0. The molecule has 0 aliphatic heterocycles. The lowest BCUT2D eigenvalue weighted by Crippen LogP contribution is -1.83. The number of unbranched alkanes of at least 4 members (excludes halogenated alkanes) is 14. The molecule has 0 saturated carbocycles. The predicted octanol–water partition coefficient (Wildman–Crippen LogP) is 9.07. The summed E-state index contributed by atoms with van der Waals surface area (Å²) < 4.78 is 0. The lowest BCUT2D eigenvalue weighted by molar-refractivity contribution is 0.536. The van der Waals surface area contributed by atoms with Crippen molar-refractivity contribution in [3.05, 3.63) is 61.3 Å². The molecule has 1 radical (unpaired) electrons. The van der Waals surface area contributed by atoms with Crippen molar-refractivity contribution in [3.63, 3.8) is 0 Å². The minimum Gasteiger partial charge on any atom is -0.0845 e. The largest absolute Gasteiger partial charge is 0.0845 e. The van der Waals surface area contributed by atoms with E-state index < -0.39 is 0 Å². The highest BCUT2D eigenvalue weighted by molar-refractivity contribution is 5.16. The molecule has 0 aliphatic rings. The minimum absolute atomic E-state index is 1.20. The first kappa shape index (κ1) is 24.7. The maximum absolute atomic E-state index is 5.24. The van der Waals surface area contributed by atoms with Gasteiger partial charge in [0.2, 0.25) is 0 Å². The van der Waals surface area contributed by atoms with Gasteiger partial charge in [0.1, 0.15) is 0 Å². The van der Waals surface area contributed by atoms with Crippen molar-refractivity contribution >= 4 is 0 Å². The summed E-state index contributed by atoms with van der Waals surface area (Å²) in [6.45, 7) is 7.53. The zero-order valence-corrected chi connectivity index (χ0v) is 17.4. The highest BCUT2D eigenvalue weighted by Crippen LogP contribution is 2.13. The van der Waals surface area contributed by atoms with Gasteiger partial charge >= 0.3 is 0 Å². The van der Waals surface area contributed by atoms with Crippen LogP contribution in [0.15, 0.2) is 54.7 Å². The number of allylic oxidation sites excluding steroid dienone is 9. The Morgan fingerprint density at radius 1 is 0.462 bits per heavy atom. The van der Waals surface area contributed by atoms with Gasteiger partial charge in [-0.05, 0) is 12.8 Å². The molecule has 0 unspecified atom stereocenters. The maximum Gasteiger partial charge on any atom is -0.0348 e. The standard InChI is InChI=1S/C26H43/c1-3-5-7-9-11-13-15-17-19-21-23-25-26-24-22-20-18-16-14-12-10-8-6-4-2/h1,3,5,7,9,11,13,15,17,19H,4,6,8,10,12,14,16,18,20-26H2,2H3/b3-1?,7-5+,11-9+,15-13+,19-17+. The third kappa shape index (κ3) is 22.7. The van der Waals surface area contributed by atoms with E-state index in [0.29, 0.717) is 0 Å². The van der Waals surface area contributed by atoms with Gasteiger partial charge in [-0.15, -0.1) is 0 Å². The van der Waals surface area contributed by atoms with E-state index in [2.05, 4.69) is 25.2 Å². The fraction of sp³-hybridized carbons (Fsp3) is 0.615. The maximum atomic E-state index is 5.24. The Balaban J connectivity index is 3.20. The molecule has 0 spiro atoms. The Hall–Kier alpha value is -1.30. The molecular weight excluding hydrogens is 312 g/mol. The van der Waals surface area contributed by atoms with E-state index in [9.17, 15) is 0 Å². The molecule has 147 valence electrons. The molecule has 0 rings (SSSR count). The summed E-state index contributed by atoms with van der Waals surface area (Å²) in [6, 6.07) is 0. The first-order chi connectivity index (χ1) is 12.9. The Kier molecular flexibility index (Phi) is 22.5. The summed E-state index contributed by atoms with van der Waals surface area (Å²) in [5, 5.41) is 0. The molecule has 0 bridgehead atoms. The molecular formula is C26H43. The number of hydrogen-bond donors (Lipinski definition) is 0.